The smallest absolute Gasteiger partial charge is 0.282 e. The van der Waals surface area contributed by atoms with Crippen molar-refractivity contribution in [3.63, 3.8) is 0 Å². The van der Waals surface area contributed by atoms with Gasteiger partial charge in [-0.15, -0.1) is 0 Å². The van der Waals surface area contributed by atoms with Crippen LogP contribution in [0.1, 0.15) is 51.5 Å². The third-order valence-electron chi connectivity index (χ3n) is 4.88. The number of rotatable bonds is 8. The molecule has 1 aliphatic carbocycles. The Morgan fingerprint density at radius 2 is 1.92 bits per heavy atom. The molecule has 1 aromatic rings. The van der Waals surface area contributed by atoms with Crippen LogP contribution >= 0.6 is 0 Å². The Hall–Kier alpha value is -1.88. The van der Waals surface area contributed by atoms with Gasteiger partial charge in [0.2, 0.25) is 0 Å². The molecule has 0 aliphatic heterocycles. The van der Waals surface area contributed by atoms with Gasteiger partial charge < -0.3 is 15.5 Å². The Balaban J connectivity index is 1.94. The number of hydrogen-bond donors (Lipinski definition) is 3. The summed E-state index contributed by atoms with van der Waals surface area (Å²) in [5.41, 5.74) is 2.03. The van der Waals surface area contributed by atoms with Gasteiger partial charge in [-0.25, -0.2) is 0 Å². The molecule has 1 fully saturated rings. The van der Waals surface area contributed by atoms with Crippen LogP contribution in [0.2, 0.25) is 0 Å². The number of quaternary nitrogens is 1. The van der Waals surface area contributed by atoms with Gasteiger partial charge in [0.1, 0.15) is 0 Å². The van der Waals surface area contributed by atoms with Gasteiger partial charge >= 0.3 is 0 Å². The predicted octanol–water partition coefficient (Wildman–Crippen LogP) is 1.32. The lowest BCUT2D eigenvalue weighted by Crippen LogP contribution is -3.15. The standard InChI is InChI=1S/C19H29N3O2/c1-5-13(2)16-8-6-7-9-17(16)21-19(24)14(3)22(4)12-18(23)20-15-10-11-15/h6-9,13-15H,5,10-12H2,1-4H3,(H,20,23)(H,21,24)/p+1/t13-,14-/m1/s1. The lowest BCUT2D eigenvalue weighted by molar-refractivity contribution is -0.885. The summed E-state index contributed by atoms with van der Waals surface area (Å²) in [6.07, 6.45) is 3.18. The summed E-state index contributed by atoms with van der Waals surface area (Å²) in [6.45, 7) is 6.48. The van der Waals surface area contributed by atoms with Gasteiger partial charge in [0.05, 0.1) is 7.05 Å². The van der Waals surface area contributed by atoms with Crippen molar-refractivity contribution in [2.45, 2.75) is 58.0 Å². The Bertz CT molecular complexity index is 584. The largest absolute Gasteiger partial charge is 0.348 e. The van der Waals surface area contributed by atoms with Gasteiger partial charge in [-0.2, -0.15) is 0 Å². The Morgan fingerprint density at radius 3 is 2.54 bits per heavy atom. The first-order valence-corrected chi connectivity index (χ1v) is 8.93. The van der Waals surface area contributed by atoms with E-state index in [1.165, 1.54) is 0 Å². The number of likely N-dealkylation sites (N-methyl/N-ethyl adjacent to an activating group) is 1. The molecule has 0 saturated heterocycles. The minimum absolute atomic E-state index is 0.0228. The van der Waals surface area contributed by atoms with E-state index in [1.807, 2.05) is 32.2 Å². The quantitative estimate of drug-likeness (QED) is 0.672. The molecule has 0 bridgehead atoms. The highest BCUT2D eigenvalue weighted by atomic mass is 16.2. The van der Waals surface area contributed by atoms with Crippen LogP contribution < -0.4 is 15.5 Å². The number of nitrogens with one attached hydrogen (secondary N) is 3. The second-order valence-corrected chi connectivity index (χ2v) is 6.97. The molecule has 3 atom stereocenters. The van der Waals surface area contributed by atoms with E-state index in [2.05, 4.69) is 30.5 Å². The van der Waals surface area contributed by atoms with E-state index in [0.29, 0.717) is 18.5 Å². The molecule has 5 nitrogen and oxygen atoms in total. The van der Waals surface area contributed by atoms with Gasteiger partial charge in [0, 0.05) is 11.7 Å². The molecule has 0 spiro atoms. The summed E-state index contributed by atoms with van der Waals surface area (Å²) in [4.78, 5) is 25.4. The zero-order chi connectivity index (χ0) is 17.7. The van der Waals surface area contributed by atoms with Crippen molar-refractivity contribution in [3.05, 3.63) is 29.8 Å². The highest BCUT2D eigenvalue weighted by Crippen LogP contribution is 2.26. The molecule has 0 heterocycles. The summed E-state index contributed by atoms with van der Waals surface area (Å²) in [7, 11) is 1.89. The maximum absolute atomic E-state index is 12.6. The van der Waals surface area contributed by atoms with Gasteiger partial charge in [0.25, 0.3) is 11.8 Å². The van der Waals surface area contributed by atoms with E-state index < -0.39 is 0 Å². The van der Waals surface area contributed by atoms with Crippen molar-refractivity contribution in [2.75, 3.05) is 18.9 Å². The Labute approximate surface area is 144 Å². The Morgan fingerprint density at radius 1 is 1.25 bits per heavy atom. The van der Waals surface area contributed by atoms with Crippen molar-refractivity contribution < 1.29 is 14.5 Å². The van der Waals surface area contributed by atoms with Crippen molar-refractivity contribution in [3.8, 4) is 0 Å². The Kier molecular flexibility index (Phi) is 6.37. The lowest BCUT2D eigenvalue weighted by Gasteiger charge is -2.22. The van der Waals surface area contributed by atoms with Crippen LogP contribution in [0.3, 0.4) is 0 Å². The molecular weight excluding hydrogens is 302 g/mol. The molecule has 5 heteroatoms. The number of carbonyl (C=O) groups excluding carboxylic acids is 2. The first-order valence-electron chi connectivity index (χ1n) is 8.93. The minimum atomic E-state index is -0.292. The maximum Gasteiger partial charge on any atom is 0.282 e. The van der Waals surface area contributed by atoms with E-state index in [0.717, 1.165) is 35.4 Å². The van der Waals surface area contributed by atoms with E-state index in [4.69, 9.17) is 0 Å². The van der Waals surface area contributed by atoms with Crippen LogP contribution in [0.5, 0.6) is 0 Å². The van der Waals surface area contributed by atoms with Crippen molar-refractivity contribution in [1.82, 2.24) is 5.32 Å². The maximum atomic E-state index is 12.6. The average Bonchev–Trinajstić information content (AvgIpc) is 3.37. The topological polar surface area (TPSA) is 62.6 Å². The molecule has 0 radical (unpaired) electrons. The second-order valence-electron chi connectivity index (χ2n) is 6.97. The monoisotopic (exact) mass is 332 g/mol. The highest BCUT2D eigenvalue weighted by molar-refractivity contribution is 5.94. The zero-order valence-corrected chi connectivity index (χ0v) is 15.2. The molecule has 3 N–H and O–H groups in total. The van der Waals surface area contributed by atoms with E-state index in [-0.39, 0.29) is 17.9 Å². The number of benzene rings is 1. The van der Waals surface area contributed by atoms with Crippen molar-refractivity contribution >= 4 is 17.5 Å². The summed E-state index contributed by atoms with van der Waals surface area (Å²) < 4.78 is 0. The lowest BCUT2D eigenvalue weighted by atomic mass is 9.97. The summed E-state index contributed by atoms with van der Waals surface area (Å²) in [5, 5.41) is 6.01. The number of anilines is 1. The highest BCUT2D eigenvalue weighted by Gasteiger charge is 2.28. The molecule has 2 rings (SSSR count). The fourth-order valence-electron chi connectivity index (χ4n) is 2.64. The molecule has 1 unspecified atom stereocenters. The fraction of sp³-hybridized carbons (Fsp3) is 0.579. The van der Waals surface area contributed by atoms with Gasteiger partial charge in [-0.3, -0.25) is 9.59 Å². The van der Waals surface area contributed by atoms with Crippen LogP contribution in [0, 0.1) is 0 Å². The number of hydrogen-bond acceptors (Lipinski definition) is 2. The van der Waals surface area contributed by atoms with E-state index in [9.17, 15) is 9.59 Å². The number of para-hydroxylation sites is 1. The van der Waals surface area contributed by atoms with Crippen LogP contribution in [-0.2, 0) is 9.59 Å². The van der Waals surface area contributed by atoms with Gasteiger partial charge in [-0.05, 0) is 43.7 Å². The molecule has 1 saturated carbocycles. The van der Waals surface area contributed by atoms with Crippen LogP contribution in [-0.4, -0.2) is 37.5 Å². The normalized spacial score (nSPS) is 17.7. The van der Waals surface area contributed by atoms with E-state index >= 15 is 0 Å². The minimum Gasteiger partial charge on any atom is -0.348 e. The molecule has 132 valence electrons. The van der Waals surface area contributed by atoms with Crippen LogP contribution in [0.15, 0.2) is 24.3 Å². The summed E-state index contributed by atoms with van der Waals surface area (Å²) in [6, 6.07) is 8.01. The van der Waals surface area contributed by atoms with Crippen LogP contribution in [0.25, 0.3) is 0 Å². The first kappa shape index (κ1) is 18.5. The number of carbonyl (C=O) groups is 2. The zero-order valence-electron chi connectivity index (χ0n) is 15.2. The molecule has 0 aromatic heterocycles. The summed E-state index contributed by atoms with van der Waals surface area (Å²) in [5.74, 6) is 0.364. The molecular formula is C19H30N3O2+. The molecule has 24 heavy (non-hydrogen) atoms. The van der Waals surface area contributed by atoms with Crippen LogP contribution in [0.4, 0.5) is 5.69 Å². The van der Waals surface area contributed by atoms with Gasteiger partial charge in [-0.1, -0.05) is 32.0 Å². The molecule has 1 aromatic carbocycles. The molecule has 1 aliphatic rings. The number of amides is 2. The fourth-order valence-corrected chi connectivity index (χ4v) is 2.64. The average molecular weight is 332 g/mol. The predicted molar refractivity (Wildman–Crippen MR) is 96.2 cm³/mol. The van der Waals surface area contributed by atoms with Gasteiger partial charge in [0.15, 0.2) is 12.6 Å². The van der Waals surface area contributed by atoms with Crippen molar-refractivity contribution in [2.24, 2.45) is 0 Å². The molecule has 2 amide bonds. The SMILES string of the molecule is CC[C@@H](C)c1ccccc1NC(=O)[C@@H](C)[NH+](C)CC(=O)NC1CC1. The third-order valence-corrected chi connectivity index (χ3v) is 4.88. The van der Waals surface area contributed by atoms with Crippen molar-refractivity contribution in [1.29, 1.82) is 0 Å². The third kappa shape index (κ3) is 5.06. The first-order chi connectivity index (χ1) is 11.4. The summed E-state index contributed by atoms with van der Waals surface area (Å²) >= 11 is 0. The van der Waals surface area contributed by atoms with E-state index in [1.54, 1.807) is 0 Å². The second kappa shape index (κ2) is 8.29.